The van der Waals surface area contributed by atoms with Gasteiger partial charge in [-0.05, 0) is 13.0 Å². The Bertz CT molecular complexity index is 391. The highest BCUT2D eigenvalue weighted by molar-refractivity contribution is 5.35. The Kier molecular flexibility index (Phi) is 1.06. The minimum absolute atomic E-state index is 0.368. The Labute approximate surface area is 62.9 Å². The molecular weight excluding hydrogens is 142 g/mol. The number of rotatable bonds is 0. The first-order valence-electron chi connectivity index (χ1n) is 3.21. The van der Waals surface area contributed by atoms with Crippen LogP contribution < -0.4 is 5.73 Å². The molecule has 0 saturated heterocycles. The molecule has 0 radical (unpaired) electrons. The van der Waals surface area contributed by atoms with Gasteiger partial charge in [0.05, 0.1) is 0 Å². The quantitative estimate of drug-likeness (QED) is 0.573. The number of aromatic nitrogens is 4. The molecular formula is C6H7N5. The summed E-state index contributed by atoms with van der Waals surface area (Å²) in [6.07, 6.45) is 1.80. The van der Waals surface area contributed by atoms with Crippen molar-refractivity contribution in [3.05, 3.63) is 18.0 Å². The predicted octanol–water partition coefficient (Wildman–Crippen LogP) is 0.0149. The van der Waals surface area contributed by atoms with Crippen LogP contribution in [0.3, 0.4) is 0 Å². The molecule has 2 heterocycles. The molecule has 0 bridgehead atoms. The number of hydrogen-bond acceptors (Lipinski definition) is 4. The van der Waals surface area contributed by atoms with E-state index in [2.05, 4.69) is 15.2 Å². The second-order valence-electron chi connectivity index (χ2n) is 2.30. The monoisotopic (exact) mass is 149 g/mol. The van der Waals surface area contributed by atoms with Gasteiger partial charge in [-0.25, -0.2) is 4.98 Å². The number of aryl methyl sites for hydroxylation is 1. The summed E-state index contributed by atoms with van der Waals surface area (Å²) in [5.74, 6) is 0.912. The zero-order valence-corrected chi connectivity index (χ0v) is 6.02. The van der Waals surface area contributed by atoms with Crippen molar-refractivity contribution in [3.63, 3.8) is 0 Å². The summed E-state index contributed by atoms with van der Waals surface area (Å²) in [5.41, 5.74) is 6.38. The second-order valence-corrected chi connectivity index (χ2v) is 2.30. The normalized spacial score (nSPS) is 10.6. The van der Waals surface area contributed by atoms with E-state index in [-0.39, 0.29) is 0 Å². The van der Waals surface area contributed by atoms with Gasteiger partial charge in [0.15, 0.2) is 0 Å². The number of hydrogen-bond donors (Lipinski definition) is 1. The van der Waals surface area contributed by atoms with Crippen molar-refractivity contribution < 1.29 is 0 Å². The molecule has 0 aromatic carbocycles. The van der Waals surface area contributed by atoms with E-state index < -0.39 is 0 Å². The maximum Gasteiger partial charge on any atom is 0.256 e. The molecule has 2 aromatic heterocycles. The second kappa shape index (κ2) is 1.91. The molecule has 0 aliphatic rings. The predicted molar refractivity (Wildman–Crippen MR) is 39.9 cm³/mol. The average Bonchev–Trinajstić information content (AvgIpc) is 2.32. The SMILES string of the molecule is Cc1ccn2c(N)nnc2n1. The first kappa shape index (κ1) is 6.09. The topological polar surface area (TPSA) is 69.1 Å². The zero-order chi connectivity index (χ0) is 7.84. The third-order valence-corrected chi connectivity index (χ3v) is 1.45. The molecule has 0 saturated carbocycles. The first-order valence-corrected chi connectivity index (χ1v) is 3.21. The highest BCUT2D eigenvalue weighted by Gasteiger charge is 2.00. The molecule has 0 spiro atoms. The Morgan fingerprint density at radius 2 is 2.27 bits per heavy atom. The standard InChI is InChI=1S/C6H7N5/c1-4-2-3-11-5(7)9-10-6(11)8-4/h2-3H,1H3,(H2,7,9). The number of fused-ring (bicyclic) bond motifs is 1. The van der Waals surface area contributed by atoms with E-state index in [1.807, 2.05) is 13.0 Å². The first-order chi connectivity index (χ1) is 5.27. The van der Waals surface area contributed by atoms with Crippen LogP contribution in [0.5, 0.6) is 0 Å². The molecule has 5 heteroatoms. The summed E-state index contributed by atoms with van der Waals surface area (Å²) in [4.78, 5) is 4.11. The molecule has 11 heavy (non-hydrogen) atoms. The van der Waals surface area contributed by atoms with Gasteiger partial charge in [0.25, 0.3) is 5.78 Å². The van der Waals surface area contributed by atoms with Gasteiger partial charge in [-0.15, -0.1) is 10.2 Å². The maximum atomic E-state index is 5.48. The maximum absolute atomic E-state index is 5.48. The molecule has 0 aliphatic heterocycles. The molecule has 0 aliphatic carbocycles. The Balaban J connectivity index is 2.86. The van der Waals surface area contributed by atoms with Crippen LogP contribution in [-0.4, -0.2) is 19.6 Å². The van der Waals surface area contributed by atoms with Crippen LogP contribution in [0.2, 0.25) is 0 Å². The molecule has 5 nitrogen and oxygen atoms in total. The lowest BCUT2D eigenvalue weighted by atomic mass is 10.5. The summed E-state index contributed by atoms with van der Waals surface area (Å²) < 4.78 is 1.63. The van der Waals surface area contributed by atoms with Crippen LogP contribution >= 0.6 is 0 Å². The van der Waals surface area contributed by atoms with Crippen molar-refractivity contribution in [1.82, 2.24) is 19.6 Å². The van der Waals surface area contributed by atoms with Gasteiger partial charge >= 0.3 is 0 Å². The summed E-state index contributed by atoms with van der Waals surface area (Å²) in [5, 5.41) is 7.42. The lowest BCUT2D eigenvalue weighted by molar-refractivity contribution is 1.07. The molecule has 2 rings (SSSR count). The van der Waals surface area contributed by atoms with Gasteiger partial charge in [0.2, 0.25) is 5.95 Å². The fourth-order valence-electron chi connectivity index (χ4n) is 0.891. The Morgan fingerprint density at radius 3 is 3.09 bits per heavy atom. The van der Waals surface area contributed by atoms with E-state index in [1.54, 1.807) is 10.6 Å². The number of nitrogen functional groups attached to an aromatic ring is 1. The smallest absolute Gasteiger partial charge is 0.256 e. The van der Waals surface area contributed by atoms with Crippen LogP contribution in [0.4, 0.5) is 5.95 Å². The van der Waals surface area contributed by atoms with E-state index in [0.29, 0.717) is 11.7 Å². The lowest BCUT2D eigenvalue weighted by Crippen LogP contribution is -1.95. The summed E-state index contributed by atoms with van der Waals surface area (Å²) in [6.45, 7) is 1.89. The van der Waals surface area contributed by atoms with Gasteiger partial charge in [-0.2, -0.15) is 0 Å². The fourth-order valence-corrected chi connectivity index (χ4v) is 0.891. The molecule has 2 aromatic rings. The number of nitrogens with two attached hydrogens (primary N) is 1. The Hall–Kier alpha value is -1.65. The van der Waals surface area contributed by atoms with Gasteiger partial charge < -0.3 is 5.73 Å². The largest absolute Gasteiger partial charge is 0.368 e. The summed E-state index contributed by atoms with van der Waals surface area (Å²) >= 11 is 0. The van der Waals surface area contributed by atoms with Gasteiger partial charge in [0.1, 0.15) is 0 Å². The summed E-state index contributed by atoms with van der Waals surface area (Å²) in [7, 11) is 0. The van der Waals surface area contributed by atoms with Gasteiger partial charge in [-0.3, -0.25) is 4.40 Å². The highest BCUT2D eigenvalue weighted by atomic mass is 15.3. The molecule has 56 valence electrons. The lowest BCUT2D eigenvalue weighted by Gasteiger charge is -1.92. The fraction of sp³-hybridized carbons (Fsp3) is 0.167. The third-order valence-electron chi connectivity index (χ3n) is 1.45. The van der Waals surface area contributed by atoms with E-state index in [9.17, 15) is 0 Å². The van der Waals surface area contributed by atoms with Crippen LogP contribution in [0, 0.1) is 6.92 Å². The van der Waals surface area contributed by atoms with Crippen LogP contribution in [0.25, 0.3) is 5.78 Å². The van der Waals surface area contributed by atoms with Crippen LogP contribution in [0.15, 0.2) is 12.3 Å². The van der Waals surface area contributed by atoms with E-state index >= 15 is 0 Å². The van der Waals surface area contributed by atoms with Crippen LogP contribution in [-0.2, 0) is 0 Å². The van der Waals surface area contributed by atoms with Crippen molar-refractivity contribution in [2.24, 2.45) is 0 Å². The minimum Gasteiger partial charge on any atom is -0.368 e. The van der Waals surface area contributed by atoms with Crippen LogP contribution in [0.1, 0.15) is 5.69 Å². The van der Waals surface area contributed by atoms with Gasteiger partial charge in [0, 0.05) is 11.9 Å². The van der Waals surface area contributed by atoms with Crippen molar-refractivity contribution in [1.29, 1.82) is 0 Å². The Morgan fingerprint density at radius 1 is 1.45 bits per heavy atom. The van der Waals surface area contributed by atoms with Crippen molar-refractivity contribution in [2.75, 3.05) is 5.73 Å². The minimum atomic E-state index is 0.368. The van der Waals surface area contributed by atoms with Crippen molar-refractivity contribution >= 4 is 11.7 Å². The zero-order valence-electron chi connectivity index (χ0n) is 6.02. The molecule has 0 atom stereocenters. The third kappa shape index (κ3) is 0.813. The number of nitrogens with zero attached hydrogens (tertiary/aromatic N) is 4. The number of anilines is 1. The molecule has 0 unspecified atom stereocenters. The van der Waals surface area contributed by atoms with E-state index in [0.717, 1.165) is 5.69 Å². The highest BCUT2D eigenvalue weighted by Crippen LogP contribution is 2.01. The molecule has 2 N–H and O–H groups in total. The molecule has 0 fully saturated rings. The van der Waals surface area contributed by atoms with E-state index in [1.165, 1.54) is 0 Å². The van der Waals surface area contributed by atoms with Gasteiger partial charge in [-0.1, -0.05) is 0 Å². The van der Waals surface area contributed by atoms with Crippen molar-refractivity contribution in [3.8, 4) is 0 Å². The molecule has 0 amide bonds. The van der Waals surface area contributed by atoms with E-state index in [4.69, 9.17) is 5.73 Å². The van der Waals surface area contributed by atoms with Crippen molar-refractivity contribution in [2.45, 2.75) is 6.92 Å². The summed E-state index contributed by atoms with van der Waals surface area (Å²) in [6, 6.07) is 1.85. The average molecular weight is 149 g/mol.